The van der Waals surface area contributed by atoms with Crippen LogP contribution in [-0.2, 0) is 13.0 Å². The maximum atomic E-state index is 12.9. The number of anilines is 1. The van der Waals surface area contributed by atoms with Gasteiger partial charge in [-0.05, 0) is 49.2 Å². The first kappa shape index (κ1) is 18.5. The number of ether oxygens (including phenoxy) is 1. The first-order valence-electron chi connectivity index (χ1n) is 10.2. The molecule has 30 heavy (non-hydrogen) atoms. The minimum atomic E-state index is -0.273. The molecule has 0 N–H and O–H groups in total. The van der Waals surface area contributed by atoms with E-state index in [1.54, 1.807) is 0 Å². The Morgan fingerprint density at radius 1 is 0.933 bits per heavy atom. The monoisotopic (exact) mass is 397 g/mol. The second-order valence-corrected chi connectivity index (χ2v) is 7.88. The van der Waals surface area contributed by atoms with Crippen molar-refractivity contribution in [2.75, 3.05) is 11.6 Å². The van der Waals surface area contributed by atoms with E-state index in [4.69, 9.17) is 9.15 Å². The van der Waals surface area contributed by atoms with Gasteiger partial charge in [-0.25, -0.2) is 4.79 Å². The number of aryl methyl sites for hydroxylation is 2. The summed E-state index contributed by atoms with van der Waals surface area (Å²) in [5.41, 5.74) is 6.36. The van der Waals surface area contributed by atoms with Crippen LogP contribution in [0.25, 0.3) is 11.0 Å². The van der Waals surface area contributed by atoms with Gasteiger partial charge in [0.25, 0.3) is 0 Å². The molecule has 0 saturated heterocycles. The molecule has 1 aromatic heterocycles. The van der Waals surface area contributed by atoms with Crippen molar-refractivity contribution in [1.82, 2.24) is 0 Å². The Morgan fingerprint density at radius 2 is 1.70 bits per heavy atom. The molecule has 150 valence electrons. The predicted molar refractivity (Wildman–Crippen MR) is 119 cm³/mol. The van der Waals surface area contributed by atoms with Gasteiger partial charge in [0.2, 0.25) is 0 Å². The molecule has 1 aliphatic rings. The molecule has 4 aromatic rings. The van der Waals surface area contributed by atoms with Crippen LogP contribution < -0.4 is 15.3 Å². The fourth-order valence-electron chi connectivity index (χ4n) is 4.09. The highest BCUT2D eigenvalue weighted by Gasteiger charge is 2.23. The first-order valence-corrected chi connectivity index (χ1v) is 10.2. The van der Waals surface area contributed by atoms with E-state index in [1.165, 1.54) is 5.56 Å². The molecule has 0 fully saturated rings. The number of hydrogen-bond acceptors (Lipinski definition) is 4. The lowest BCUT2D eigenvalue weighted by Crippen LogP contribution is -2.32. The van der Waals surface area contributed by atoms with Crippen LogP contribution in [0.4, 0.5) is 5.69 Å². The van der Waals surface area contributed by atoms with Crippen molar-refractivity contribution in [3.8, 4) is 5.75 Å². The fourth-order valence-corrected chi connectivity index (χ4v) is 4.09. The van der Waals surface area contributed by atoms with Crippen LogP contribution in [0, 0.1) is 13.8 Å². The Balaban J connectivity index is 1.57. The van der Waals surface area contributed by atoms with E-state index < -0.39 is 0 Å². The van der Waals surface area contributed by atoms with E-state index in [2.05, 4.69) is 36.1 Å². The zero-order valence-corrected chi connectivity index (χ0v) is 17.1. The number of rotatable bonds is 3. The van der Waals surface area contributed by atoms with Gasteiger partial charge in [0.15, 0.2) is 6.73 Å². The summed E-state index contributed by atoms with van der Waals surface area (Å²) in [7, 11) is 0. The van der Waals surface area contributed by atoms with Crippen molar-refractivity contribution in [1.29, 1.82) is 0 Å². The van der Waals surface area contributed by atoms with Crippen molar-refractivity contribution in [3.05, 3.63) is 105 Å². The van der Waals surface area contributed by atoms with Crippen molar-refractivity contribution in [3.63, 3.8) is 0 Å². The predicted octanol–water partition coefficient (Wildman–Crippen LogP) is 5.36. The Kier molecular flexibility index (Phi) is 4.55. The largest absolute Gasteiger partial charge is 0.473 e. The molecule has 0 radical (unpaired) electrons. The van der Waals surface area contributed by atoms with Gasteiger partial charge >= 0.3 is 5.63 Å². The molecule has 0 bridgehead atoms. The van der Waals surface area contributed by atoms with Crippen LogP contribution in [0.5, 0.6) is 5.75 Å². The third kappa shape index (κ3) is 3.24. The second-order valence-electron chi connectivity index (χ2n) is 7.88. The fraction of sp³-hybridized carbons (Fsp3) is 0.192. The molecule has 0 aliphatic carbocycles. The molecule has 1 aliphatic heterocycles. The van der Waals surface area contributed by atoms with Gasteiger partial charge in [0.05, 0.1) is 12.1 Å². The zero-order chi connectivity index (χ0) is 20.7. The maximum Gasteiger partial charge on any atom is 0.340 e. The highest BCUT2D eigenvalue weighted by atomic mass is 16.5. The van der Waals surface area contributed by atoms with Crippen LogP contribution in [-0.4, -0.2) is 6.73 Å². The Hall–Kier alpha value is -3.53. The van der Waals surface area contributed by atoms with Gasteiger partial charge in [-0.15, -0.1) is 0 Å². The topological polar surface area (TPSA) is 42.7 Å². The summed E-state index contributed by atoms with van der Waals surface area (Å²) in [5.74, 6) is 0.782. The maximum absolute atomic E-state index is 12.9. The number of benzene rings is 3. The summed E-state index contributed by atoms with van der Waals surface area (Å²) in [6.07, 6.45) is 0.564. The highest BCUT2D eigenvalue weighted by Crippen LogP contribution is 2.35. The molecule has 0 atom stereocenters. The minimum Gasteiger partial charge on any atom is -0.473 e. The van der Waals surface area contributed by atoms with Crippen LogP contribution in [0.2, 0.25) is 0 Å². The lowest BCUT2D eigenvalue weighted by Gasteiger charge is -2.31. The van der Waals surface area contributed by atoms with Crippen LogP contribution in [0.15, 0.2) is 75.9 Å². The van der Waals surface area contributed by atoms with E-state index in [9.17, 15) is 4.79 Å². The lowest BCUT2D eigenvalue weighted by molar-refractivity contribution is 0.289. The molecule has 0 saturated carbocycles. The van der Waals surface area contributed by atoms with Gasteiger partial charge in [0.1, 0.15) is 11.3 Å². The summed E-state index contributed by atoms with van der Waals surface area (Å²) >= 11 is 0. The Morgan fingerprint density at radius 3 is 2.47 bits per heavy atom. The smallest absolute Gasteiger partial charge is 0.340 e. The second kappa shape index (κ2) is 7.38. The molecule has 3 aromatic carbocycles. The molecule has 4 nitrogen and oxygen atoms in total. The van der Waals surface area contributed by atoms with Gasteiger partial charge in [-0.1, -0.05) is 48.0 Å². The van der Waals surface area contributed by atoms with E-state index in [0.717, 1.165) is 33.5 Å². The van der Waals surface area contributed by atoms with Gasteiger partial charge in [-0.2, -0.15) is 0 Å². The van der Waals surface area contributed by atoms with E-state index in [0.29, 0.717) is 30.8 Å². The summed E-state index contributed by atoms with van der Waals surface area (Å²) in [6, 6.07) is 22.4. The van der Waals surface area contributed by atoms with Crippen LogP contribution in [0.1, 0.15) is 27.8 Å². The minimum absolute atomic E-state index is 0.273. The van der Waals surface area contributed by atoms with E-state index in [1.807, 2.05) is 49.4 Å². The third-order valence-electron chi connectivity index (χ3n) is 5.86. The standard InChI is InChI=1S/C26H23NO3/c1-17-8-10-20(11-9-17)27-15-23-24(29-16-27)13-12-21-18(2)22(26(28)30-25(21)23)14-19-6-4-3-5-7-19/h3-13H,14-16H2,1-2H3. The molecular formula is C26H23NO3. The molecule has 0 spiro atoms. The van der Waals surface area contributed by atoms with E-state index >= 15 is 0 Å². The lowest BCUT2D eigenvalue weighted by atomic mass is 9.97. The Labute approximate surface area is 175 Å². The first-order chi connectivity index (χ1) is 14.6. The number of fused-ring (bicyclic) bond motifs is 3. The normalized spacial score (nSPS) is 13.2. The van der Waals surface area contributed by atoms with Gasteiger partial charge in [0, 0.05) is 23.1 Å². The summed E-state index contributed by atoms with van der Waals surface area (Å²) in [5, 5.41) is 0.966. The number of hydrogen-bond donors (Lipinski definition) is 0. The SMILES string of the molecule is Cc1ccc(N2COc3ccc4c(C)c(Cc5ccccc5)c(=O)oc4c3C2)cc1. The average molecular weight is 397 g/mol. The van der Waals surface area contributed by atoms with Crippen LogP contribution in [0.3, 0.4) is 0 Å². The summed E-state index contributed by atoms with van der Waals surface area (Å²) < 4.78 is 11.9. The molecular weight excluding hydrogens is 374 g/mol. The number of nitrogens with zero attached hydrogens (tertiary/aromatic N) is 1. The van der Waals surface area contributed by atoms with E-state index in [-0.39, 0.29) is 5.63 Å². The molecule has 0 amide bonds. The molecule has 5 rings (SSSR count). The van der Waals surface area contributed by atoms with Crippen molar-refractivity contribution in [2.45, 2.75) is 26.8 Å². The summed E-state index contributed by atoms with van der Waals surface area (Å²) in [6.45, 7) is 5.18. The molecule has 2 heterocycles. The van der Waals surface area contributed by atoms with Gasteiger partial charge < -0.3 is 14.1 Å². The Bertz CT molecular complexity index is 1270. The quantitative estimate of drug-likeness (QED) is 0.437. The third-order valence-corrected chi connectivity index (χ3v) is 5.86. The van der Waals surface area contributed by atoms with Crippen molar-refractivity contribution in [2.24, 2.45) is 0 Å². The van der Waals surface area contributed by atoms with Crippen molar-refractivity contribution >= 4 is 16.7 Å². The molecule has 0 unspecified atom stereocenters. The van der Waals surface area contributed by atoms with Crippen LogP contribution >= 0.6 is 0 Å². The average Bonchev–Trinajstić information content (AvgIpc) is 2.77. The highest BCUT2D eigenvalue weighted by molar-refractivity contribution is 5.86. The summed E-state index contributed by atoms with van der Waals surface area (Å²) in [4.78, 5) is 15.1. The van der Waals surface area contributed by atoms with Crippen molar-refractivity contribution < 1.29 is 9.15 Å². The zero-order valence-electron chi connectivity index (χ0n) is 17.1. The molecule has 4 heteroatoms. The van der Waals surface area contributed by atoms with Gasteiger partial charge in [-0.3, -0.25) is 0 Å².